The molecule has 0 bridgehead atoms. The second kappa shape index (κ2) is 7.99. The van der Waals surface area contributed by atoms with Gasteiger partial charge in [-0.25, -0.2) is 0 Å². The Morgan fingerprint density at radius 2 is 1.96 bits per heavy atom. The average molecular weight is 319 g/mol. The zero-order valence-corrected chi connectivity index (χ0v) is 14.1. The summed E-state index contributed by atoms with van der Waals surface area (Å²) in [4.78, 5) is 26.3. The van der Waals surface area contributed by atoms with Crippen LogP contribution in [0.15, 0.2) is 24.3 Å². The molecular formula is C18H25NO4. The molecule has 0 saturated carbocycles. The van der Waals surface area contributed by atoms with Crippen LogP contribution in [0, 0.1) is 11.8 Å². The molecular weight excluding hydrogens is 294 g/mol. The summed E-state index contributed by atoms with van der Waals surface area (Å²) >= 11 is 0. The number of rotatable bonds is 5. The van der Waals surface area contributed by atoms with E-state index in [-0.39, 0.29) is 17.8 Å². The van der Waals surface area contributed by atoms with Gasteiger partial charge < -0.3 is 14.4 Å². The van der Waals surface area contributed by atoms with Crippen molar-refractivity contribution in [2.45, 2.75) is 26.7 Å². The highest BCUT2D eigenvalue weighted by molar-refractivity contribution is 5.94. The summed E-state index contributed by atoms with van der Waals surface area (Å²) in [5.74, 6) is 0.768. The molecule has 1 aliphatic rings. The van der Waals surface area contributed by atoms with Gasteiger partial charge in [-0.2, -0.15) is 0 Å². The number of likely N-dealkylation sites (tertiary alicyclic amines) is 1. The quantitative estimate of drug-likeness (QED) is 0.783. The number of piperidine rings is 1. The Balaban J connectivity index is 1.88. The van der Waals surface area contributed by atoms with E-state index < -0.39 is 0 Å². The summed E-state index contributed by atoms with van der Waals surface area (Å²) in [6.07, 6.45) is 1.32. The van der Waals surface area contributed by atoms with E-state index >= 15 is 0 Å². The summed E-state index contributed by atoms with van der Waals surface area (Å²) in [7, 11) is 1.58. The predicted molar refractivity (Wildman–Crippen MR) is 87.4 cm³/mol. The van der Waals surface area contributed by atoms with E-state index in [4.69, 9.17) is 9.47 Å². The monoisotopic (exact) mass is 319 g/mol. The van der Waals surface area contributed by atoms with Crippen molar-refractivity contribution in [2.24, 2.45) is 11.8 Å². The predicted octanol–water partition coefficient (Wildman–Crippen LogP) is 2.75. The number of hydrogen-bond acceptors (Lipinski definition) is 4. The number of nitrogens with zero attached hydrogens (tertiary/aromatic N) is 1. The minimum absolute atomic E-state index is 0.0158. The molecule has 1 amide bonds. The Bertz CT molecular complexity index is 548. The number of carbonyl (C=O) groups is 2. The maximum Gasteiger partial charge on any atom is 0.309 e. The number of methoxy groups -OCH3 is 1. The lowest BCUT2D eigenvalue weighted by Crippen LogP contribution is -2.40. The Kier molecular flexibility index (Phi) is 6.02. The van der Waals surface area contributed by atoms with Gasteiger partial charge in [0.15, 0.2) is 0 Å². The molecule has 1 saturated heterocycles. The molecule has 0 unspecified atom stereocenters. The van der Waals surface area contributed by atoms with Gasteiger partial charge in [0.25, 0.3) is 5.91 Å². The van der Waals surface area contributed by atoms with Crippen molar-refractivity contribution in [3.63, 3.8) is 0 Å². The molecule has 1 heterocycles. The highest BCUT2D eigenvalue weighted by Crippen LogP contribution is 2.22. The average Bonchev–Trinajstić information content (AvgIpc) is 2.59. The van der Waals surface area contributed by atoms with E-state index in [2.05, 4.69) is 0 Å². The number of esters is 1. The first-order valence-electron chi connectivity index (χ1n) is 8.11. The maximum absolute atomic E-state index is 12.5. The third-order valence-electron chi connectivity index (χ3n) is 3.99. The van der Waals surface area contributed by atoms with Gasteiger partial charge in [-0.1, -0.05) is 19.9 Å². The fraction of sp³-hybridized carbons (Fsp3) is 0.556. The molecule has 0 N–H and O–H groups in total. The van der Waals surface area contributed by atoms with E-state index in [0.29, 0.717) is 49.8 Å². The molecule has 0 spiro atoms. The van der Waals surface area contributed by atoms with Crippen LogP contribution >= 0.6 is 0 Å². The van der Waals surface area contributed by atoms with Crippen molar-refractivity contribution in [3.8, 4) is 5.75 Å². The first-order valence-corrected chi connectivity index (χ1v) is 8.11. The zero-order valence-electron chi connectivity index (χ0n) is 14.1. The molecule has 5 nitrogen and oxygen atoms in total. The molecule has 126 valence electrons. The van der Waals surface area contributed by atoms with Gasteiger partial charge in [0.1, 0.15) is 5.75 Å². The lowest BCUT2D eigenvalue weighted by molar-refractivity contribution is -0.151. The normalized spacial score (nSPS) is 15.6. The smallest absolute Gasteiger partial charge is 0.309 e. The fourth-order valence-corrected chi connectivity index (χ4v) is 2.62. The minimum atomic E-state index is -0.132. The van der Waals surface area contributed by atoms with Gasteiger partial charge in [0.2, 0.25) is 0 Å². The summed E-state index contributed by atoms with van der Waals surface area (Å²) in [5, 5.41) is 0. The Labute approximate surface area is 137 Å². The first kappa shape index (κ1) is 17.3. The number of benzene rings is 1. The Morgan fingerprint density at radius 1 is 1.26 bits per heavy atom. The summed E-state index contributed by atoms with van der Waals surface area (Å²) in [5.41, 5.74) is 0.616. The van der Waals surface area contributed by atoms with Crippen LogP contribution in [-0.2, 0) is 9.53 Å². The van der Waals surface area contributed by atoms with E-state index in [1.54, 1.807) is 24.1 Å². The lowest BCUT2D eigenvalue weighted by Gasteiger charge is -2.31. The molecule has 0 aromatic heterocycles. The molecule has 0 radical (unpaired) electrons. The van der Waals surface area contributed by atoms with Gasteiger partial charge in [0, 0.05) is 18.7 Å². The van der Waals surface area contributed by atoms with Crippen molar-refractivity contribution in [1.29, 1.82) is 0 Å². The van der Waals surface area contributed by atoms with Crippen LogP contribution in [0.5, 0.6) is 5.75 Å². The minimum Gasteiger partial charge on any atom is -0.497 e. The standard InChI is InChI=1S/C18H25NO4/c1-13(2)12-23-18(21)14-7-9-19(10-8-14)17(20)15-5-4-6-16(11-15)22-3/h4-6,11,13-14H,7-10,12H2,1-3H3. The van der Waals surface area contributed by atoms with Crippen LogP contribution in [0.4, 0.5) is 0 Å². The van der Waals surface area contributed by atoms with Crippen molar-refractivity contribution >= 4 is 11.9 Å². The summed E-state index contributed by atoms with van der Waals surface area (Å²) < 4.78 is 10.4. The highest BCUT2D eigenvalue weighted by atomic mass is 16.5. The van der Waals surface area contributed by atoms with Gasteiger partial charge >= 0.3 is 5.97 Å². The largest absolute Gasteiger partial charge is 0.497 e. The van der Waals surface area contributed by atoms with Crippen LogP contribution < -0.4 is 4.74 Å². The van der Waals surface area contributed by atoms with Gasteiger partial charge in [-0.05, 0) is 37.0 Å². The Hall–Kier alpha value is -2.04. The van der Waals surface area contributed by atoms with Crippen molar-refractivity contribution in [1.82, 2.24) is 4.90 Å². The maximum atomic E-state index is 12.5. The van der Waals surface area contributed by atoms with Crippen LogP contribution in [0.25, 0.3) is 0 Å². The molecule has 1 aliphatic heterocycles. The molecule has 0 aliphatic carbocycles. The van der Waals surface area contributed by atoms with E-state index in [1.807, 2.05) is 26.0 Å². The fourth-order valence-electron chi connectivity index (χ4n) is 2.62. The molecule has 1 fully saturated rings. The number of amides is 1. The van der Waals surface area contributed by atoms with Gasteiger partial charge in [0.05, 0.1) is 19.6 Å². The second-order valence-corrected chi connectivity index (χ2v) is 6.32. The third kappa shape index (κ3) is 4.71. The van der Waals surface area contributed by atoms with E-state index in [1.165, 1.54) is 0 Å². The zero-order chi connectivity index (χ0) is 16.8. The SMILES string of the molecule is COc1cccc(C(=O)N2CCC(C(=O)OCC(C)C)CC2)c1. The van der Waals surface area contributed by atoms with Crippen LogP contribution in [0.3, 0.4) is 0 Å². The van der Waals surface area contributed by atoms with Crippen LogP contribution in [-0.4, -0.2) is 43.6 Å². The van der Waals surface area contributed by atoms with E-state index in [9.17, 15) is 9.59 Å². The molecule has 23 heavy (non-hydrogen) atoms. The molecule has 1 aromatic carbocycles. The van der Waals surface area contributed by atoms with Gasteiger partial charge in [-0.3, -0.25) is 9.59 Å². The second-order valence-electron chi connectivity index (χ2n) is 6.32. The topological polar surface area (TPSA) is 55.8 Å². The van der Waals surface area contributed by atoms with E-state index in [0.717, 1.165) is 0 Å². The molecule has 2 rings (SSSR count). The third-order valence-corrected chi connectivity index (χ3v) is 3.99. The van der Waals surface area contributed by atoms with Crippen LogP contribution in [0.1, 0.15) is 37.0 Å². The van der Waals surface area contributed by atoms with Crippen molar-refractivity contribution in [3.05, 3.63) is 29.8 Å². The van der Waals surface area contributed by atoms with Crippen molar-refractivity contribution < 1.29 is 19.1 Å². The van der Waals surface area contributed by atoms with Crippen molar-refractivity contribution in [2.75, 3.05) is 26.8 Å². The summed E-state index contributed by atoms with van der Waals surface area (Å²) in [6.45, 7) is 5.65. The van der Waals surface area contributed by atoms with Crippen LogP contribution in [0.2, 0.25) is 0 Å². The van der Waals surface area contributed by atoms with Gasteiger partial charge in [-0.15, -0.1) is 0 Å². The lowest BCUT2D eigenvalue weighted by atomic mass is 9.96. The number of ether oxygens (including phenoxy) is 2. The molecule has 0 atom stereocenters. The molecule has 5 heteroatoms. The molecule has 1 aromatic rings. The highest BCUT2D eigenvalue weighted by Gasteiger charge is 2.29. The number of hydrogen-bond donors (Lipinski definition) is 0. The Morgan fingerprint density at radius 3 is 2.57 bits per heavy atom. The first-order chi connectivity index (χ1) is 11.0. The number of carbonyl (C=O) groups excluding carboxylic acids is 2. The summed E-state index contributed by atoms with van der Waals surface area (Å²) in [6, 6.07) is 7.15.